The number of phosphoric acid groups is 1. The third-order valence-electron chi connectivity index (χ3n) is 13.8. The van der Waals surface area contributed by atoms with Crippen molar-refractivity contribution in [3.05, 3.63) is 36.5 Å². The molecular formula is C61H119N2O6P. The van der Waals surface area contributed by atoms with Gasteiger partial charge in [0.05, 0.1) is 39.9 Å². The zero-order chi connectivity index (χ0) is 51.3. The minimum Gasteiger partial charge on any atom is -0.756 e. The van der Waals surface area contributed by atoms with Crippen molar-refractivity contribution in [3.8, 4) is 0 Å². The average molecular weight is 1010 g/mol. The van der Waals surface area contributed by atoms with Crippen LogP contribution in [0, 0.1) is 0 Å². The zero-order valence-corrected chi connectivity index (χ0v) is 48.1. The molecule has 0 bridgehead atoms. The highest BCUT2D eigenvalue weighted by molar-refractivity contribution is 7.45. The molecule has 0 saturated carbocycles. The molecule has 0 spiro atoms. The van der Waals surface area contributed by atoms with Crippen LogP contribution in [0.15, 0.2) is 36.5 Å². The first-order chi connectivity index (χ1) is 34.0. The molecule has 0 aliphatic rings. The van der Waals surface area contributed by atoms with Crippen molar-refractivity contribution < 1.29 is 32.9 Å². The summed E-state index contributed by atoms with van der Waals surface area (Å²) in [6.07, 6.45) is 68.1. The predicted octanol–water partition coefficient (Wildman–Crippen LogP) is 17.9. The van der Waals surface area contributed by atoms with Crippen LogP contribution in [0.3, 0.4) is 0 Å². The van der Waals surface area contributed by atoms with Gasteiger partial charge in [-0.15, -0.1) is 0 Å². The summed E-state index contributed by atoms with van der Waals surface area (Å²) in [6, 6.07) is -0.908. The van der Waals surface area contributed by atoms with Gasteiger partial charge in [0.25, 0.3) is 7.82 Å². The maximum Gasteiger partial charge on any atom is 0.268 e. The summed E-state index contributed by atoms with van der Waals surface area (Å²) in [5, 5.41) is 13.9. The number of hydrogen-bond donors (Lipinski definition) is 2. The van der Waals surface area contributed by atoms with Crippen LogP contribution >= 0.6 is 7.82 Å². The SMILES string of the molecule is CCCCCCCCCCC/C=C/CC/C=C/CC/C=C/C(O)C(COP(=O)([O-])OCC[N+](C)(C)C)NC(=O)CCCCCCCCCCCCCCCCCCCCCCCCCCCCCCC. The van der Waals surface area contributed by atoms with E-state index in [1.54, 1.807) is 6.08 Å². The Bertz CT molecular complexity index is 1230. The van der Waals surface area contributed by atoms with Gasteiger partial charge in [-0.05, 0) is 44.9 Å². The number of nitrogens with one attached hydrogen (secondary N) is 1. The lowest BCUT2D eigenvalue weighted by molar-refractivity contribution is -0.870. The monoisotopic (exact) mass is 1010 g/mol. The maximum atomic E-state index is 13.0. The molecule has 0 heterocycles. The number of rotatable bonds is 56. The smallest absolute Gasteiger partial charge is 0.268 e. The number of phosphoric ester groups is 1. The third-order valence-corrected chi connectivity index (χ3v) is 14.8. The summed E-state index contributed by atoms with van der Waals surface area (Å²) in [6.45, 7) is 4.66. The number of carbonyl (C=O) groups is 1. The maximum absolute atomic E-state index is 13.0. The van der Waals surface area contributed by atoms with E-state index in [2.05, 4.69) is 43.5 Å². The van der Waals surface area contributed by atoms with Gasteiger partial charge >= 0.3 is 0 Å². The van der Waals surface area contributed by atoms with E-state index >= 15 is 0 Å². The minimum atomic E-state index is -4.61. The molecule has 0 radical (unpaired) electrons. The first-order valence-electron chi connectivity index (χ1n) is 30.4. The van der Waals surface area contributed by atoms with Gasteiger partial charge < -0.3 is 28.8 Å². The fourth-order valence-electron chi connectivity index (χ4n) is 9.07. The lowest BCUT2D eigenvalue weighted by Gasteiger charge is -2.29. The van der Waals surface area contributed by atoms with Crippen LogP contribution < -0.4 is 10.2 Å². The van der Waals surface area contributed by atoms with Gasteiger partial charge in [0.1, 0.15) is 13.2 Å². The van der Waals surface area contributed by atoms with E-state index in [1.807, 2.05) is 27.2 Å². The largest absolute Gasteiger partial charge is 0.756 e. The molecule has 3 atom stereocenters. The molecule has 414 valence electrons. The lowest BCUT2D eigenvalue weighted by Crippen LogP contribution is -2.45. The molecular weight excluding hydrogens is 888 g/mol. The van der Waals surface area contributed by atoms with E-state index in [0.29, 0.717) is 17.4 Å². The summed E-state index contributed by atoms with van der Waals surface area (Å²) >= 11 is 0. The number of carbonyl (C=O) groups excluding carboxylic acids is 1. The second-order valence-electron chi connectivity index (χ2n) is 22.0. The number of likely N-dealkylation sites (N-methyl/N-ethyl adjacent to an activating group) is 1. The fourth-order valence-corrected chi connectivity index (χ4v) is 9.79. The van der Waals surface area contributed by atoms with Crippen LogP contribution in [-0.2, 0) is 18.4 Å². The number of aliphatic hydroxyl groups excluding tert-OH is 1. The predicted molar refractivity (Wildman–Crippen MR) is 302 cm³/mol. The van der Waals surface area contributed by atoms with Crippen molar-refractivity contribution >= 4 is 13.7 Å². The molecule has 0 aliphatic carbocycles. The average Bonchev–Trinajstić information content (AvgIpc) is 3.32. The third kappa shape index (κ3) is 54.5. The van der Waals surface area contributed by atoms with Crippen molar-refractivity contribution in [1.29, 1.82) is 0 Å². The molecule has 2 N–H and O–H groups in total. The van der Waals surface area contributed by atoms with Crippen LogP contribution in [0.4, 0.5) is 0 Å². The summed E-state index contributed by atoms with van der Waals surface area (Å²) < 4.78 is 23.3. The van der Waals surface area contributed by atoms with Crippen LogP contribution in [-0.4, -0.2) is 68.5 Å². The molecule has 0 fully saturated rings. The van der Waals surface area contributed by atoms with Crippen LogP contribution in [0.5, 0.6) is 0 Å². The molecule has 0 aromatic rings. The number of nitrogens with zero attached hydrogens (tertiary/aromatic N) is 1. The fraction of sp³-hybridized carbons (Fsp3) is 0.885. The Hall–Kier alpha value is -1.28. The van der Waals surface area contributed by atoms with Gasteiger partial charge in [-0.1, -0.05) is 281 Å². The van der Waals surface area contributed by atoms with E-state index in [1.165, 1.54) is 231 Å². The van der Waals surface area contributed by atoms with E-state index in [-0.39, 0.29) is 12.5 Å². The molecule has 0 aromatic heterocycles. The van der Waals surface area contributed by atoms with Crippen LogP contribution in [0.25, 0.3) is 0 Å². The number of quaternary nitrogens is 1. The van der Waals surface area contributed by atoms with E-state index in [0.717, 1.165) is 44.9 Å². The molecule has 8 nitrogen and oxygen atoms in total. The standard InChI is InChI=1S/C61H119N2O6P/c1-6-8-10-12-14-16-18-20-22-24-26-27-28-29-30-31-32-33-34-35-37-39-41-43-45-47-49-51-53-55-61(65)62-59(58-69-70(66,67)68-57-56-63(3,4)5)60(64)54-52-50-48-46-44-42-40-38-36-25-23-21-19-17-15-13-11-9-7-2/h36,38,44,46,52,54,59-60,64H,6-35,37,39-43,45,47-51,53,55-58H2,1-5H3,(H-,62,65,66,67)/b38-36+,46-44+,54-52+. The summed E-state index contributed by atoms with van der Waals surface area (Å²) in [4.78, 5) is 25.5. The second-order valence-corrected chi connectivity index (χ2v) is 23.5. The van der Waals surface area contributed by atoms with E-state index in [4.69, 9.17) is 9.05 Å². The minimum absolute atomic E-state index is 0.00735. The molecule has 1 amide bonds. The second kappa shape index (κ2) is 52.6. The van der Waals surface area contributed by atoms with Crippen LogP contribution in [0.1, 0.15) is 296 Å². The number of unbranched alkanes of at least 4 members (excludes halogenated alkanes) is 39. The molecule has 0 aromatic carbocycles. The zero-order valence-electron chi connectivity index (χ0n) is 47.2. The summed E-state index contributed by atoms with van der Waals surface area (Å²) in [5.74, 6) is -0.206. The number of aliphatic hydroxyl groups is 1. The van der Waals surface area contributed by atoms with Gasteiger partial charge in [-0.2, -0.15) is 0 Å². The highest BCUT2D eigenvalue weighted by Crippen LogP contribution is 2.38. The molecule has 70 heavy (non-hydrogen) atoms. The molecule has 0 saturated heterocycles. The number of amides is 1. The van der Waals surface area contributed by atoms with Crippen molar-refractivity contribution in [2.24, 2.45) is 0 Å². The van der Waals surface area contributed by atoms with Gasteiger partial charge in [0, 0.05) is 6.42 Å². The number of allylic oxidation sites excluding steroid dienone is 5. The highest BCUT2D eigenvalue weighted by Gasteiger charge is 2.23. The first kappa shape index (κ1) is 68.7. The van der Waals surface area contributed by atoms with Crippen molar-refractivity contribution in [2.75, 3.05) is 40.9 Å². The topological polar surface area (TPSA) is 108 Å². The molecule has 9 heteroatoms. The van der Waals surface area contributed by atoms with Gasteiger partial charge in [-0.25, -0.2) is 0 Å². The normalized spacial score (nSPS) is 14.1. The molecule has 0 aliphatic heterocycles. The van der Waals surface area contributed by atoms with E-state index < -0.39 is 26.6 Å². The molecule has 3 unspecified atom stereocenters. The Kier molecular flexibility index (Phi) is 51.6. The Morgan fingerprint density at radius 1 is 0.486 bits per heavy atom. The summed E-state index contributed by atoms with van der Waals surface area (Å²) in [5.41, 5.74) is 0. The van der Waals surface area contributed by atoms with Crippen molar-refractivity contribution in [3.63, 3.8) is 0 Å². The first-order valence-corrected chi connectivity index (χ1v) is 31.8. The Labute approximate surface area is 436 Å². The Balaban J connectivity index is 4.14. The Morgan fingerprint density at radius 3 is 1.16 bits per heavy atom. The van der Waals surface area contributed by atoms with Crippen molar-refractivity contribution in [2.45, 2.75) is 309 Å². The van der Waals surface area contributed by atoms with Crippen molar-refractivity contribution in [1.82, 2.24) is 5.32 Å². The quantitative estimate of drug-likeness (QED) is 0.0272. The van der Waals surface area contributed by atoms with Crippen LogP contribution in [0.2, 0.25) is 0 Å². The van der Waals surface area contributed by atoms with E-state index in [9.17, 15) is 19.4 Å². The van der Waals surface area contributed by atoms with Gasteiger partial charge in [-0.3, -0.25) is 9.36 Å². The lowest BCUT2D eigenvalue weighted by atomic mass is 10.0. The highest BCUT2D eigenvalue weighted by atomic mass is 31.2. The number of hydrogen-bond acceptors (Lipinski definition) is 6. The summed E-state index contributed by atoms with van der Waals surface area (Å²) in [7, 11) is 1.25. The van der Waals surface area contributed by atoms with Gasteiger partial charge in [0.15, 0.2) is 0 Å². The molecule has 0 rings (SSSR count). The Morgan fingerprint density at radius 2 is 0.800 bits per heavy atom. The van der Waals surface area contributed by atoms with Gasteiger partial charge in [0.2, 0.25) is 5.91 Å².